The van der Waals surface area contributed by atoms with Crippen molar-refractivity contribution in [2.24, 2.45) is 0 Å². The van der Waals surface area contributed by atoms with E-state index in [9.17, 15) is 0 Å². The number of hydrogen-bond donors (Lipinski definition) is 1. The van der Waals surface area contributed by atoms with Crippen LogP contribution in [0, 0.1) is 13.8 Å². The Morgan fingerprint density at radius 2 is 1.71 bits per heavy atom. The lowest BCUT2D eigenvalue weighted by molar-refractivity contribution is 0.879. The predicted molar refractivity (Wildman–Crippen MR) is 84.6 cm³/mol. The largest absolute Gasteiger partial charge is 0.381 e. The van der Waals surface area contributed by atoms with Crippen molar-refractivity contribution in [1.82, 2.24) is 14.8 Å². The Morgan fingerprint density at radius 3 is 2.33 bits per heavy atom. The van der Waals surface area contributed by atoms with E-state index < -0.39 is 0 Å². The van der Waals surface area contributed by atoms with Crippen LogP contribution in [-0.4, -0.2) is 14.8 Å². The van der Waals surface area contributed by atoms with Gasteiger partial charge in [0.05, 0.1) is 5.69 Å². The zero-order chi connectivity index (χ0) is 14.7. The minimum Gasteiger partial charge on any atom is -0.381 e. The second-order valence-corrected chi connectivity index (χ2v) is 5.11. The Labute approximate surface area is 124 Å². The maximum absolute atomic E-state index is 4.12. The molecule has 4 nitrogen and oxygen atoms in total. The standard InChI is InChI=1S/C17H18N4/c1-13-4-3-5-14(2)17(13)10-19-15-6-8-16(9-7-15)21-12-18-11-20-21/h3-9,11-12,19H,10H2,1-2H3. The smallest absolute Gasteiger partial charge is 0.138 e. The summed E-state index contributed by atoms with van der Waals surface area (Å²) >= 11 is 0. The molecule has 0 radical (unpaired) electrons. The Hall–Kier alpha value is -2.62. The van der Waals surface area contributed by atoms with Crippen molar-refractivity contribution < 1.29 is 0 Å². The zero-order valence-electron chi connectivity index (χ0n) is 12.2. The fourth-order valence-corrected chi connectivity index (χ4v) is 2.39. The fraction of sp³-hybridized carbons (Fsp3) is 0.176. The van der Waals surface area contributed by atoms with Gasteiger partial charge in [0.1, 0.15) is 12.7 Å². The van der Waals surface area contributed by atoms with Gasteiger partial charge in [-0.1, -0.05) is 18.2 Å². The predicted octanol–water partition coefficient (Wildman–Crippen LogP) is 3.50. The van der Waals surface area contributed by atoms with Gasteiger partial charge >= 0.3 is 0 Å². The summed E-state index contributed by atoms with van der Waals surface area (Å²) in [6.45, 7) is 5.14. The van der Waals surface area contributed by atoms with Gasteiger partial charge in [0.25, 0.3) is 0 Å². The lowest BCUT2D eigenvalue weighted by atomic mass is 10.0. The molecular weight excluding hydrogens is 260 g/mol. The van der Waals surface area contributed by atoms with Crippen LogP contribution < -0.4 is 5.32 Å². The molecule has 0 atom stereocenters. The van der Waals surface area contributed by atoms with Crippen LogP contribution in [0.3, 0.4) is 0 Å². The van der Waals surface area contributed by atoms with E-state index in [1.807, 2.05) is 12.1 Å². The molecule has 4 heteroatoms. The average Bonchev–Trinajstić information content (AvgIpc) is 3.02. The van der Waals surface area contributed by atoms with Gasteiger partial charge in [-0.25, -0.2) is 9.67 Å². The summed E-state index contributed by atoms with van der Waals surface area (Å²) in [5.74, 6) is 0. The molecule has 106 valence electrons. The molecule has 0 bridgehead atoms. The van der Waals surface area contributed by atoms with E-state index in [4.69, 9.17) is 0 Å². The summed E-state index contributed by atoms with van der Waals surface area (Å²) in [7, 11) is 0. The molecule has 0 spiro atoms. The average molecular weight is 278 g/mol. The van der Waals surface area contributed by atoms with Gasteiger partial charge in [0, 0.05) is 12.2 Å². The van der Waals surface area contributed by atoms with Crippen LogP contribution in [0.4, 0.5) is 5.69 Å². The number of aromatic nitrogens is 3. The second-order valence-electron chi connectivity index (χ2n) is 5.11. The quantitative estimate of drug-likeness (QED) is 0.794. The van der Waals surface area contributed by atoms with Crippen LogP contribution in [0.25, 0.3) is 5.69 Å². The van der Waals surface area contributed by atoms with E-state index in [0.717, 1.165) is 17.9 Å². The zero-order valence-corrected chi connectivity index (χ0v) is 12.2. The van der Waals surface area contributed by atoms with Crippen molar-refractivity contribution in [1.29, 1.82) is 0 Å². The van der Waals surface area contributed by atoms with Crippen LogP contribution in [0.5, 0.6) is 0 Å². The molecule has 0 unspecified atom stereocenters. The molecule has 21 heavy (non-hydrogen) atoms. The highest BCUT2D eigenvalue weighted by Crippen LogP contribution is 2.17. The van der Waals surface area contributed by atoms with Crippen molar-refractivity contribution in [3.63, 3.8) is 0 Å². The number of nitrogens with one attached hydrogen (secondary N) is 1. The third-order valence-electron chi connectivity index (χ3n) is 3.66. The molecule has 0 saturated carbocycles. The summed E-state index contributed by atoms with van der Waals surface area (Å²) in [6.07, 6.45) is 3.23. The lowest BCUT2D eigenvalue weighted by Crippen LogP contribution is -2.03. The molecule has 0 aliphatic carbocycles. The van der Waals surface area contributed by atoms with Crippen LogP contribution in [0.1, 0.15) is 16.7 Å². The van der Waals surface area contributed by atoms with Crippen LogP contribution in [0.15, 0.2) is 55.1 Å². The Bertz CT molecular complexity index is 695. The highest BCUT2D eigenvalue weighted by Gasteiger charge is 2.02. The van der Waals surface area contributed by atoms with Crippen molar-refractivity contribution in [3.8, 4) is 5.69 Å². The van der Waals surface area contributed by atoms with E-state index in [1.165, 1.54) is 23.0 Å². The third kappa shape index (κ3) is 2.94. The number of benzene rings is 2. The van der Waals surface area contributed by atoms with Gasteiger partial charge in [0.2, 0.25) is 0 Å². The summed E-state index contributed by atoms with van der Waals surface area (Å²) in [4.78, 5) is 3.95. The molecule has 0 aliphatic heterocycles. The van der Waals surface area contributed by atoms with Gasteiger partial charge < -0.3 is 5.32 Å². The second kappa shape index (κ2) is 5.79. The topological polar surface area (TPSA) is 42.7 Å². The first-order valence-electron chi connectivity index (χ1n) is 6.98. The molecule has 0 aliphatic rings. The van der Waals surface area contributed by atoms with E-state index in [1.54, 1.807) is 11.0 Å². The van der Waals surface area contributed by atoms with Crippen LogP contribution >= 0.6 is 0 Å². The van der Waals surface area contributed by atoms with Crippen molar-refractivity contribution in [3.05, 3.63) is 71.8 Å². The summed E-state index contributed by atoms with van der Waals surface area (Å²) in [5.41, 5.74) is 6.10. The van der Waals surface area contributed by atoms with Crippen molar-refractivity contribution in [2.75, 3.05) is 5.32 Å². The van der Waals surface area contributed by atoms with Gasteiger partial charge in [-0.15, -0.1) is 0 Å². The minimum absolute atomic E-state index is 0.835. The Morgan fingerprint density at radius 1 is 1.00 bits per heavy atom. The van der Waals surface area contributed by atoms with E-state index in [-0.39, 0.29) is 0 Å². The van der Waals surface area contributed by atoms with Gasteiger partial charge in [-0.2, -0.15) is 5.10 Å². The first kappa shape index (κ1) is 13.4. The number of aryl methyl sites for hydroxylation is 2. The molecular formula is C17H18N4. The molecule has 2 aromatic carbocycles. The molecule has 0 saturated heterocycles. The minimum atomic E-state index is 0.835. The fourth-order valence-electron chi connectivity index (χ4n) is 2.39. The Kier molecular flexibility index (Phi) is 3.69. The monoisotopic (exact) mass is 278 g/mol. The molecule has 0 amide bonds. The lowest BCUT2D eigenvalue weighted by Gasteiger charge is -2.12. The molecule has 3 aromatic rings. The van der Waals surface area contributed by atoms with Crippen molar-refractivity contribution in [2.45, 2.75) is 20.4 Å². The number of hydrogen-bond acceptors (Lipinski definition) is 3. The molecule has 3 rings (SSSR count). The van der Waals surface area contributed by atoms with E-state index in [2.05, 4.69) is 59.6 Å². The number of anilines is 1. The number of rotatable bonds is 4. The van der Waals surface area contributed by atoms with Crippen molar-refractivity contribution >= 4 is 5.69 Å². The first-order chi connectivity index (χ1) is 10.2. The summed E-state index contributed by atoms with van der Waals surface area (Å²) in [5, 5.41) is 7.59. The van der Waals surface area contributed by atoms with Crippen LogP contribution in [0.2, 0.25) is 0 Å². The van der Waals surface area contributed by atoms with Gasteiger partial charge in [-0.3, -0.25) is 0 Å². The van der Waals surface area contributed by atoms with Gasteiger partial charge in [0.15, 0.2) is 0 Å². The van der Waals surface area contributed by atoms with Crippen LogP contribution in [-0.2, 0) is 6.54 Å². The SMILES string of the molecule is Cc1cccc(C)c1CNc1ccc(-n2cncn2)cc1. The van der Waals surface area contributed by atoms with E-state index >= 15 is 0 Å². The molecule has 1 heterocycles. The Balaban J connectivity index is 1.71. The maximum Gasteiger partial charge on any atom is 0.138 e. The summed E-state index contributed by atoms with van der Waals surface area (Å²) < 4.78 is 1.75. The normalized spacial score (nSPS) is 10.6. The summed E-state index contributed by atoms with van der Waals surface area (Å²) in [6, 6.07) is 14.6. The molecule has 1 aromatic heterocycles. The first-order valence-corrected chi connectivity index (χ1v) is 6.98. The van der Waals surface area contributed by atoms with E-state index in [0.29, 0.717) is 0 Å². The maximum atomic E-state index is 4.12. The highest BCUT2D eigenvalue weighted by molar-refractivity contribution is 5.49. The number of nitrogens with zero attached hydrogens (tertiary/aromatic N) is 3. The molecule has 0 fully saturated rings. The highest BCUT2D eigenvalue weighted by atomic mass is 15.3. The third-order valence-corrected chi connectivity index (χ3v) is 3.66. The van der Waals surface area contributed by atoms with Gasteiger partial charge in [-0.05, 0) is 54.8 Å². The molecule has 1 N–H and O–H groups in total.